The first-order chi connectivity index (χ1) is 15.2. The summed E-state index contributed by atoms with van der Waals surface area (Å²) in [6.45, 7) is 1.70. The maximum absolute atomic E-state index is 14.8. The van der Waals surface area contributed by atoms with Crippen LogP contribution in [0.25, 0.3) is 0 Å². The number of anilines is 3. The third-order valence-corrected chi connectivity index (χ3v) is 5.18. The van der Waals surface area contributed by atoms with E-state index in [-0.39, 0.29) is 29.2 Å². The summed E-state index contributed by atoms with van der Waals surface area (Å²) < 4.78 is 25.3. The van der Waals surface area contributed by atoms with Crippen LogP contribution in [0.3, 0.4) is 0 Å². The van der Waals surface area contributed by atoms with Crippen LogP contribution in [0.5, 0.6) is 11.5 Å². The SMILES string of the molecule is COc1cc(Nc2nc(N[C@@H](C3CC3)[C@H](C)NC(=O)O)c(F)cc2C(N)=O)cc(OC)c1. The Kier molecular flexibility index (Phi) is 6.86. The Hall–Kier alpha value is -3.76. The van der Waals surface area contributed by atoms with Gasteiger partial charge in [0.25, 0.3) is 5.91 Å². The number of rotatable bonds is 10. The van der Waals surface area contributed by atoms with Crippen LogP contribution in [0.1, 0.15) is 30.1 Å². The molecule has 0 spiro atoms. The molecule has 1 aromatic heterocycles. The topological polar surface area (TPSA) is 148 Å². The molecule has 2 aromatic rings. The average Bonchev–Trinajstić information content (AvgIpc) is 3.57. The van der Waals surface area contributed by atoms with Crippen molar-refractivity contribution in [3.8, 4) is 11.5 Å². The molecule has 11 heteroatoms. The minimum Gasteiger partial charge on any atom is -0.497 e. The molecular weight excluding hydrogens is 421 g/mol. The largest absolute Gasteiger partial charge is 0.497 e. The van der Waals surface area contributed by atoms with Gasteiger partial charge < -0.3 is 36.3 Å². The van der Waals surface area contributed by atoms with Crippen molar-refractivity contribution in [3.05, 3.63) is 35.6 Å². The number of carbonyl (C=O) groups excluding carboxylic acids is 1. The summed E-state index contributed by atoms with van der Waals surface area (Å²) in [6, 6.07) is 5.10. The Morgan fingerprint density at radius 3 is 2.28 bits per heavy atom. The van der Waals surface area contributed by atoms with Crippen molar-refractivity contribution in [1.29, 1.82) is 0 Å². The number of nitrogens with one attached hydrogen (secondary N) is 3. The summed E-state index contributed by atoms with van der Waals surface area (Å²) in [5.74, 6) is -0.562. The maximum atomic E-state index is 14.8. The van der Waals surface area contributed by atoms with E-state index in [0.717, 1.165) is 18.9 Å². The second kappa shape index (κ2) is 9.58. The van der Waals surface area contributed by atoms with Crippen LogP contribution in [0, 0.1) is 11.7 Å². The smallest absolute Gasteiger partial charge is 0.404 e. The second-order valence-electron chi connectivity index (χ2n) is 7.55. The van der Waals surface area contributed by atoms with Gasteiger partial charge in [0, 0.05) is 29.9 Å². The van der Waals surface area contributed by atoms with Crippen molar-refractivity contribution in [2.45, 2.75) is 31.8 Å². The Labute approximate surface area is 184 Å². The van der Waals surface area contributed by atoms with Crippen molar-refractivity contribution in [2.24, 2.45) is 11.7 Å². The molecule has 1 aliphatic rings. The average molecular weight is 447 g/mol. The van der Waals surface area contributed by atoms with E-state index in [1.54, 1.807) is 25.1 Å². The molecule has 1 heterocycles. The van der Waals surface area contributed by atoms with Crippen molar-refractivity contribution in [1.82, 2.24) is 10.3 Å². The summed E-state index contributed by atoms with van der Waals surface area (Å²) in [4.78, 5) is 27.2. The first kappa shape index (κ1) is 22.9. The van der Waals surface area contributed by atoms with Crippen LogP contribution in [0.2, 0.25) is 0 Å². The first-order valence-corrected chi connectivity index (χ1v) is 9.98. The normalized spacial score (nSPS) is 14.8. The predicted molar refractivity (Wildman–Crippen MR) is 116 cm³/mol. The standard InChI is InChI=1S/C21H26FN5O5/c1-10(24-21(29)30)17(11-4-5-11)26-20-16(22)9-15(18(23)28)19(27-20)25-12-6-13(31-2)8-14(7-12)32-3/h6-11,17,24H,4-5H2,1-3H3,(H2,23,28)(H,29,30)(H2,25,26,27)/t10-,17+/m0/s1. The summed E-state index contributed by atoms with van der Waals surface area (Å²) in [5.41, 5.74) is 5.77. The fourth-order valence-electron chi connectivity index (χ4n) is 3.44. The molecule has 6 N–H and O–H groups in total. The van der Waals surface area contributed by atoms with Crippen molar-refractivity contribution >= 4 is 29.3 Å². The van der Waals surface area contributed by atoms with E-state index in [9.17, 15) is 14.0 Å². The maximum Gasteiger partial charge on any atom is 0.404 e. The lowest BCUT2D eigenvalue weighted by Crippen LogP contribution is -2.45. The number of benzene rings is 1. The second-order valence-corrected chi connectivity index (χ2v) is 7.55. The van der Waals surface area contributed by atoms with Crippen LogP contribution in [-0.2, 0) is 0 Å². The van der Waals surface area contributed by atoms with E-state index >= 15 is 0 Å². The fourth-order valence-corrected chi connectivity index (χ4v) is 3.44. The number of primary amides is 1. The zero-order chi connectivity index (χ0) is 23.4. The number of nitrogens with two attached hydrogens (primary N) is 1. The monoisotopic (exact) mass is 447 g/mol. The number of methoxy groups -OCH3 is 2. The van der Waals surface area contributed by atoms with Gasteiger partial charge in [-0.1, -0.05) is 0 Å². The number of carboxylic acid groups (broad SMARTS) is 1. The number of nitrogens with zero attached hydrogens (tertiary/aromatic N) is 1. The van der Waals surface area contributed by atoms with Gasteiger partial charge in [0.05, 0.1) is 25.8 Å². The molecule has 3 rings (SSSR count). The molecule has 1 saturated carbocycles. The lowest BCUT2D eigenvalue weighted by atomic mass is 10.0. The molecule has 0 saturated heterocycles. The molecule has 0 unspecified atom stereocenters. The number of hydrogen-bond donors (Lipinski definition) is 5. The lowest BCUT2D eigenvalue weighted by molar-refractivity contribution is 0.1000. The predicted octanol–water partition coefficient (Wildman–Crippen LogP) is 2.93. The van der Waals surface area contributed by atoms with Crippen molar-refractivity contribution in [2.75, 3.05) is 24.9 Å². The van der Waals surface area contributed by atoms with Crippen molar-refractivity contribution in [3.63, 3.8) is 0 Å². The highest BCUT2D eigenvalue weighted by Gasteiger charge is 2.36. The lowest BCUT2D eigenvalue weighted by Gasteiger charge is -2.26. The number of ether oxygens (including phenoxy) is 2. The van der Waals surface area contributed by atoms with Crippen LogP contribution >= 0.6 is 0 Å². The van der Waals surface area contributed by atoms with Crippen LogP contribution in [-0.4, -0.2) is 48.4 Å². The van der Waals surface area contributed by atoms with Gasteiger partial charge in [-0.05, 0) is 31.7 Å². The number of amides is 2. The van der Waals surface area contributed by atoms with Crippen LogP contribution in [0.4, 0.5) is 26.5 Å². The third-order valence-electron chi connectivity index (χ3n) is 5.18. The van der Waals surface area contributed by atoms with E-state index in [0.29, 0.717) is 17.2 Å². The molecule has 10 nitrogen and oxygen atoms in total. The number of aromatic nitrogens is 1. The molecule has 1 fully saturated rings. The highest BCUT2D eigenvalue weighted by atomic mass is 19.1. The van der Waals surface area contributed by atoms with E-state index in [1.165, 1.54) is 14.2 Å². The van der Waals surface area contributed by atoms with Gasteiger partial charge in [0.15, 0.2) is 11.6 Å². The minimum atomic E-state index is -1.17. The van der Waals surface area contributed by atoms with Gasteiger partial charge in [-0.15, -0.1) is 0 Å². The van der Waals surface area contributed by atoms with Crippen molar-refractivity contribution < 1.29 is 28.6 Å². The summed E-state index contributed by atoms with van der Waals surface area (Å²) in [7, 11) is 2.99. The zero-order valence-corrected chi connectivity index (χ0v) is 17.9. The van der Waals surface area contributed by atoms with E-state index < -0.39 is 23.9 Å². The molecule has 32 heavy (non-hydrogen) atoms. The van der Waals surface area contributed by atoms with Gasteiger partial charge >= 0.3 is 6.09 Å². The Morgan fingerprint density at radius 1 is 1.16 bits per heavy atom. The van der Waals surface area contributed by atoms with Gasteiger partial charge in [-0.3, -0.25) is 4.79 Å². The molecule has 172 valence electrons. The molecule has 1 aromatic carbocycles. The highest BCUT2D eigenvalue weighted by Crippen LogP contribution is 2.36. The number of pyridine rings is 1. The molecule has 0 bridgehead atoms. The van der Waals surface area contributed by atoms with Gasteiger partial charge in [0.1, 0.15) is 17.3 Å². The number of carbonyl (C=O) groups is 2. The highest BCUT2D eigenvalue weighted by molar-refractivity contribution is 5.98. The minimum absolute atomic E-state index is 0.0325. The fraction of sp³-hybridized carbons (Fsp3) is 0.381. The molecule has 0 aliphatic heterocycles. The molecule has 0 radical (unpaired) electrons. The Balaban J connectivity index is 1.95. The summed E-state index contributed by atoms with van der Waals surface area (Å²) in [6.07, 6.45) is 0.606. The summed E-state index contributed by atoms with van der Waals surface area (Å²) >= 11 is 0. The molecule has 2 atom stereocenters. The first-order valence-electron chi connectivity index (χ1n) is 9.98. The van der Waals surface area contributed by atoms with Gasteiger partial charge in [-0.2, -0.15) is 0 Å². The summed E-state index contributed by atoms with van der Waals surface area (Å²) in [5, 5.41) is 17.4. The van der Waals surface area contributed by atoms with Gasteiger partial charge in [0.2, 0.25) is 0 Å². The third kappa shape index (κ3) is 5.48. The number of hydrogen-bond acceptors (Lipinski definition) is 7. The Morgan fingerprint density at radius 2 is 1.78 bits per heavy atom. The number of halogens is 1. The molecular formula is C21H26FN5O5. The van der Waals surface area contributed by atoms with E-state index in [4.69, 9.17) is 20.3 Å². The molecule has 1 aliphatic carbocycles. The van der Waals surface area contributed by atoms with Crippen LogP contribution < -0.4 is 31.2 Å². The van der Waals surface area contributed by atoms with E-state index in [1.807, 2.05) is 0 Å². The van der Waals surface area contributed by atoms with Gasteiger partial charge in [-0.25, -0.2) is 14.2 Å². The zero-order valence-electron chi connectivity index (χ0n) is 17.9. The van der Waals surface area contributed by atoms with E-state index in [2.05, 4.69) is 20.9 Å². The van der Waals surface area contributed by atoms with Crippen LogP contribution in [0.15, 0.2) is 24.3 Å². The Bertz CT molecular complexity index is 992. The molecule has 2 amide bonds. The quantitative estimate of drug-likeness (QED) is 0.373.